The summed E-state index contributed by atoms with van der Waals surface area (Å²) in [5.74, 6) is 2.31. The molecule has 2 bridgehead atoms. The van der Waals surface area contributed by atoms with E-state index in [1.54, 1.807) is 25.7 Å². The summed E-state index contributed by atoms with van der Waals surface area (Å²) in [7, 11) is 1.65. The number of rotatable bonds is 11. The van der Waals surface area contributed by atoms with Crippen molar-refractivity contribution in [2.24, 2.45) is 5.73 Å². The molecule has 0 amide bonds. The number of nitrogen functional groups attached to an aromatic ring is 1. The van der Waals surface area contributed by atoms with Crippen molar-refractivity contribution in [1.82, 2.24) is 24.9 Å². The van der Waals surface area contributed by atoms with Gasteiger partial charge in [-0.25, -0.2) is 4.98 Å². The van der Waals surface area contributed by atoms with E-state index in [0.29, 0.717) is 39.8 Å². The van der Waals surface area contributed by atoms with Crippen molar-refractivity contribution in [2.45, 2.75) is 58.2 Å². The van der Waals surface area contributed by atoms with Gasteiger partial charge < -0.3 is 46.1 Å². The van der Waals surface area contributed by atoms with Crippen LogP contribution in [0, 0.1) is 0 Å². The van der Waals surface area contributed by atoms with Crippen LogP contribution in [0.5, 0.6) is 11.5 Å². The first-order valence-electron chi connectivity index (χ1n) is 20.7. The topological polar surface area (TPSA) is 178 Å². The van der Waals surface area contributed by atoms with Gasteiger partial charge in [-0.3, -0.25) is 15.0 Å². The van der Waals surface area contributed by atoms with E-state index >= 15 is 0 Å². The number of ether oxygens (including phenoxy) is 2. The fraction of sp³-hybridized carbons (Fsp3) is 0.283. The van der Waals surface area contributed by atoms with Crippen LogP contribution < -0.4 is 46.1 Å². The third-order valence-corrected chi connectivity index (χ3v) is 12.8. The van der Waals surface area contributed by atoms with Crippen molar-refractivity contribution in [2.75, 3.05) is 57.3 Å². The largest absolute Gasteiger partial charge is 0.495 e. The monoisotopic (exact) mass is 912 g/mol. The van der Waals surface area contributed by atoms with E-state index in [1.165, 1.54) is 11.9 Å². The molecule has 318 valence electrons. The van der Waals surface area contributed by atoms with E-state index in [9.17, 15) is 0 Å². The first kappa shape index (κ1) is 41.1. The van der Waals surface area contributed by atoms with Crippen LogP contribution >= 0.6 is 27.9 Å². The van der Waals surface area contributed by atoms with Gasteiger partial charge in [0.15, 0.2) is 0 Å². The van der Waals surface area contributed by atoms with E-state index in [0.717, 1.165) is 99.1 Å². The molecule has 0 fully saturated rings. The summed E-state index contributed by atoms with van der Waals surface area (Å²) in [4.78, 5) is 28.4. The summed E-state index contributed by atoms with van der Waals surface area (Å²) in [6, 6.07) is 16.6. The molecule has 3 aliphatic heterocycles. The van der Waals surface area contributed by atoms with Gasteiger partial charge in [-0.15, -0.1) is 0 Å². The standard InChI is InChI=1S/C46H49BrN12O2S/c1-25(2)58-18-13-32(48)27(29-20-33(49)41(60-4)22-38(29)58)8-6-10-40-26(3)59-19-14-34-28(9-7-15-50-34)30-21-37(42(61-40)23-39(30)59)55-46-53-24-31(47)45(56-46)54-36-12-11-35-43(44(36)57-62-5)52-17-16-51-35/h6-9,11-12,15-17,20-26,40,57H,10,13-14,18-19,48-49H2,1-5H3,(H2,53,54,55,56)/b8-6-. The van der Waals surface area contributed by atoms with Crippen LogP contribution in [0.2, 0.25) is 0 Å². The van der Waals surface area contributed by atoms with Crippen LogP contribution in [0.3, 0.4) is 0 Å². The zero-order valence-electron chi connectivity index (χ0n) is 35.2. The molecule has 62 heavy (non-hydrogen) atoms. The van der Waals surface area contributed by atoms with E-state index in [2.05, 4.69) is 102 Å². The van der Waals surface area contributed by atoms with Crippen LogP contribution in [0.4, 0.5) is 45.9 Å². The van der Waals surface area contributed by atoms with E-state index < -0.39 is 0 Å². The Hall–Kier alpha value is -6.26. The number of allylic oxidation sites excluding steroid dienone is 2. The molecule has 6 heterocycles. The van der Waals surface area contributed by atoms with Crippen LogP contribution in [0.15, 0.2) is 95.6 Å². The summed E-state index contributed by atoms with van der Waals surface area (Å²) in [6.45, 7) is 8.21. The minimum absolute atomic E-state index is 0.0139. The Morgan fingerprint density at radius 2 is 1.81 bits per heavy atom. The lowest BCUT2D eigenvalue weighted by Gasteiger charge is -2.33. The van der Waals surface area contributed by atoms with Crippen molar-refractivity contribution in [3.63, 3.8) is 0 Å². The summed E-state index contributed by atoms with van der Waals surface area (Å²) in [5.41, 5.74) is 26.0. The molecular formula is C46H49BrN12O2S. The lowest BCUT2D eigenvalue weighted by molar-refractivity contribution is 0.181. The number of benzene rings is 3. The second-order valence-electron chi connectivity index (χ2n) is 15.8. The van der Waals surface area contributed by atoms with Crippen LogP contribution in [-0.4, -0.2) is 69.6 Å². The van der Waals surface area contributed by atoms with Gasteiger partial charge >= 0.3 is 0 Å². The molecule has 14 nitrogen and oxygen atoms in total. The number of hydrogen-bond acceptors (Lipinski definition) is 15. The molecule has 7 N–H and O–H groups in total. The smallest absolute Gasteiger partial charge is 0.229 e. The molecule has 6 aromatic rings. The molecule has 0 saturated heterocycles. The Balaban J connectivity index is 1.06. The zero-order valence-corrected chi connectivity index (χ0v) is 37.6. The van der Waals surface area contributed by atoms with Crippen LogP contribution in [0.1, 0.15) is 44.9 Å². The zero-order chi connectivity index (χ0) is 43.1. The Labute approximate surface area is 373 Å². The Morgan fingerprint density at radius 1 is 0.952 bits per heavy atom. The molecule has 0 saturated carbocycles. The third kappa shape index (κ3) is 7.77. The van der Waals surface area contributed by atoms with Gasteiger partial charge in [0.2, 0.25) is 5.95 Å². The predicted molar refractivity (Wildman–Crippen MR) is 257 cm³/mol. The third-order valence-electron chi connectivity index (χ3n) is 11.8. The van der Waals surface area contributed by atoms with Crippen molar-refractivity contribution in [3.05, 3.63) is 107 Å². The molecule has 0 spiro atoms. The molecule has 2 unspecified atom stereocenters. The van der Waals surface area contributed by atoms with Crippen molar-refractivity contribution >= 4 is 90.4 Å². The quantitative estimate of drug-likeness (QED) is 0.0613. The predicted octanol–water partition coefficient (Wildman–Crippen LogP) is 9.46. The summed E-state index contributed by atoms with van der Waals surface area (Å²) in [5, 5.41) is 7.03. The van der Waals surface area contributed by atoms with Gasteiger partial charge in [-0.05, 0) is 67.0 Å². The van der Waals surface area contributed by atoms with Crippen molar-refractivity contribution in [1.29, 1.82) is 0 Å². The fourth-order valence-corrected chi connectivity index (χ4v) is 9.33. The molecule has 16 heteroatoms. The highest BCUT2D eigenvalue weighted by Crippen LogP contribution is 2.47. The van der Waals surface area contributed by atoms with E-state index in [4.69, 9.17) is 35.9 Å². The molecule has 2 atom stereocenters. The fourth-order valence-electron chi connectivity index (χ4n) is 8.62. The number of nitrogens with one attached hydrogen (secondary N) is 3. The summed E-state index contributed by atoms with van der Waals surface area (Å²) in [6.07, 6.45) is 15.2. The SMILES string of the molecule is COc1cc2c(cc1N)C(/C=C\CC1Oc3cc4c(cc3Nc3ncc(Br)c(Nc5ccc6nccnc6c5NSC)n3)-c3cccnc3CCN4C1C)=C(N)CCN2C(C)C. The van der Waals surface area contributed by atoms with Crippen molar-refractivity contribution in [3.8, 4) is 22.6 Å². The first-order chi connectivity index (χ1) is 30.1. The molecule has 3 aliphatic rings. The minimum Gasteiger partial charge on any atom is -0.495 e. The number of nitrogens with two attached hydrogens (primary N) is 2. The van der Waals surface area contributed by atoms with Crippen molar-refractivity contribution < 1.29 is 9.47 Å². The number of pyridine rings is 1. The highest BCUT2D eigenvalue weighted by Gasteiger charge is 2.34. The number of fused-ring (bicyclic) bond motifs is 5. The van der Waals surface area contributed by atoms with E-state index in [-0.39, 0.29) is 18.2 Å². The highest BCUT2D eigenvalue weighted by atomic mass is 79.9. The maximum absolute atomic E-state index is 7.05. The normalized spacial score (nSPS) is 17.0. The van der Waals surface area contributed by atoms with Gasteiger partial charge in [-0.2, -0.15) is 4.98 Å². The van der Waals surface area contributed by atoms with E-state index in [1.807, 2.05) is 42.8 Å². The molecule has 3 aromatic carbocycles. The molecule has 9 rings (SSSR count). The maximum Gasteiger partial charge on any atom is 0.229 e. The molecule has 0 radical (unpaired) electrons. The second kappa shape index (κ2) is 17.2. The highest BCUT2D eigenvalue weighted by molar-refractivity contribution is 9.10. The Morgan fingerprint density at radius 3 is 2.63 bits per heavy atom. The Bertz CT molecular complexity index is 2750. The minimum atomic E-state index is -0.227. The summed E-state index contributed by atoms with van der Waals surface area (Å²) < 4.78 is 16.8. The number of halogens is 1. The summed E-state index contributed by atoms with van der Waals surface area (Å²) >= 11 is 5.15. The first-order valence-corrected chi connectivity index (χ1v) is 22.7. The number of anilines is 8. The van der Waals surface area contributed by atoms with Gasteiger partial charge in [-0.1, -0.05) is 30.2 Å². The number of hydrogen-bond donors (Lipinski definition) is 5. The molecule has 3 aromatic heterocycles. The number of nitrogens with zero attached hydrogens (tertiary/aromatic N) is 7. The van der Waals surface area contributed by atoms with Crippen LogP contribution in [-0.2, 0) is 6.42 Å². The molecular weight excluding hydrogens is 865 g/mol. The van der Waals surface area contributed by atoms with Crippen LogP contribution in [0.25, 0.3) is 27.7 Å². The lowest BCUT2D eigenvalue weighted by Crippen LogP contribution is -2.44. The average Bonchev–Trinajstić information content (AvgIpc) is 3.57. The van der Waals surface area contributed by atoms with Gasteiger partial charge in [0, 0.05) is 127 Å². The van der Waals surface area contributed by atoms with Gasteiger partial charge in [0.05, 0.1) is 45.9 Å². The maximum atomic E-state index is 7.05. The van der Waals surface area contributed by atoms with Gasteiger partial charge in [0.25, 0.3) is 0 Å². The lowest BCUT2D eigenvalue weighted by atomic mass is 9.98. The number of aromatic nitrogens is 5. The number of methoxy groups -OCH3 is 1. The molecule has 0 aliphatic carbocycles. The van der Waals surface area contributed by atoms with Gasteiger partial charge in [0.1, 0.15) is 28.9 Å². The Kier molecular flexibility index (Phi) is 11.4. The average molecular weight is 914 g/mol. The second-order valence-corrected chi connectivity index (χ2v) is 17.3.